The van der Waals surface area contributed by atoms with Crippen molar-refractivity contribution < 1.29 is 22.7 Å². The molecule has 1 heterocycles. The van der Waals surface area contributed by atoms with Crippen molar-refractivity contribution in [3.05, 3.63) is 88.4 Å². The van der Waals surface area contributed by atoms with Gasteiger partial charge in [-0.25, -0.2) is 13.8 Å². The highest BCUT2D eigenvalue weighted by Gasteiger charge is 2.29. The van der Waals surface area contributed by atoms with Crippen molar-refractivity contribution >= 4 is 38.1 Å². The van der Waals surface area contributed by atoms with Gasteiger partial charge in [0.15, 0.2) is 11.5 Å². The van der Waals surface area contributed by atoms with Gasteiger partial charge in [-0.2, -0.15) is 9.41 Å². The van der Waals surface area contributed by atoms with Gasteiger partial charge in [0.1, 0.15) is 6.61 Å². The quantitative estimate of drug-likeness (QED) is 0.282. The summed E-state index contributed by atoms with van der Waals surface area (Å²) in [6, 6.07) is 21.8. The first-order valence-corrected chi connectivity index (χ1v) is 14.2. The average molecular weight is 602 g/mol. The molecule has 1 N–H and O–H groups in total. The van der Waals surface area contributed by atoms with Crippen LogP contribution >= 0.6 is 15.9 Å². The Morgan fingerprint density at radius 3 is 2.39 bits per heavy atom. The van der Waals surface area contributed by atoms with Crippen LogP contribution in [-0.2, 0) is 21.4 Å². The van der Waals surface area contributed by atoms with Crippen molar-refractivity contribution in [1.82, 2.24) is 14.6 Å². The van der Waals surface area contributed by atoms with Gasteiger partial charge in [-0.3, -0.25) is 9.69 Å². The van der Waals surface area contributed by atoms with Gasteiger partial charge in [0.2, 0.25) is 10.0 Å². The second kappa shape index (κ2) is 13.0. The fourth-order valence-electron chi connectivity index (χ4n) is 3.92. The van der Waals surface area contributed by atoms with E-state index in [-0.39, 0.29) is 17.3 Å². The van der Waals surface area contributed by atoms with Gasteiger partial charge in [-0.15, -0.1) is 0 Å². The molecule has 0 bridgehead atoms. The Balaban J connectivity index is 1.26. The number of methoxy groups -OCH3 is 1. The van der Waals surface area contributed by atoms with Crippen LogP contribution in [0.25, 0.3) is 0 Å². The number of benzene rings is 3. The van der Waals surface area contributed by atoms with Crippen LogP contribution in [0.3, 0.4) is 0 Å². The minimum absolute atomic E-state index is 0.123. The maximum atomic E-state index is 12.9. The van der Waals surface area contributed by atoms with Gasteiger partial charge in [0.05, 0.1) is 24.8 Å². The highest BCUT2D eigenvalue weighted by atomic mass is 79.9. The molecule has 1 aliphatic rings. The molecule has 1 fully saturated rings. The molecule has 0 atom stereocenters. The molecular weight excluding hydrogens is 572 g/mol. The molecule has 1 amide bonds. The zero-order chi connectivity index (χ0) is 27.0. The van der Waals surface area contributed by atoms with Crippen molar-refractivity contribution in [3.8, 4) is 11.5 Å². The van der Waals surface area contributed by atoms with Crippen LogP contribution in [0.4, 0.5) is 0 Å². The van der Waals surface area contributed by atoms with Crippen LogP contribution in [0.1, 0.15) is 11.1 Å². The lowest BCUT2D eigenvalue weighted by atomic mass is 10.2. The predicted octanol–water partition coefficient (Wildman–Crippen LogP) is 3.49. The molecule has 3 aromatic rings. The summed E-state index contributed by atoms with van der Waals surface area (Å²) >= 11 is 3.32. The summed E-state index contributed by atoms with van der Waals surface area (Å²) in [4.78, 5) is 14.6. The molecule has 0 spiro atoms. The zero-order valence-corrected chi connectivity index (χ0v) is 23.3. The molecule has 200 valence electrons. The number of piperazine rings is 1. The first-order chi connectivity index (χ1) is 18.3. The van der Waals surface area contributed by atoms with E-state index in [2.05, 4.69) is 26.5 Å². The predicted molar refractivity (Wildman–Crippen MR) is 149 cm³/mol. The molecule has 4 rings (SSSR count). The maximum absolute atomic E-state index is 12.9. The molecule has 1 aliphatic heterocycles. The average Bonchev–Trinajstić information content (AvgIpc) is 2.93. The molecule has 38 heavy (non-hydrogen) atoms. The Morgan fingerprint density at radius 2 is 1.71 bits per heavy atom. The van der Waals surface area contributed by atoms with Gasteiger partial charge in [-0.1, -0.05) is 46.3 Å². The molecule has 1 saturated heterocycles. The van der Waals surface area contributed by atoms with Crippen LogP contribution in [0.5, 0.6) is 11.5 Å². The second-order valence-electron chi connectivity index (χ2n) is 8.61. The Morgan fingerprint density at radius 1 is 1.00 bits per heavy atom. The van der Waals surface area contributed by atoms with E-state index in [0.717, 1.165) is 15.6 Å². The summed E-state index contributed by atoms with van der Waals surface area (Å²) < 4.78 is 39.3. The third kappa shape index (κ3) is 7.41. The number of nitrogens with one attached hydrogen (secondary N) is 1. The summed E-state index contributed by atoms with van der Waals surface area (Å²) in [6.07, 6.45) is 1.54. The number of amides is 1. The minimum atomic E-state index is -3.56. The van der Waals surface area contributed by atoms with E-state index in [1.165, 1.54) is 10.5 Å². The molecule has 0 saturated carbocycles. The van der Waals surface area contributed by atoms with Gasteiger partial charge in [-0.05, 0) is 53.6 Å². The SMILES string of the molecule is COc1ccc(/C=N/NC(=O)CN2CCN(S(=O)(=O)c3ccc(Br)cc3)CC2)cc1OCc1ccccc1. The van der Waals surface area contributed by atoms with Crippen LogP contribution in [-0.4, -0.2) is 69.6 Å². The van der Waals surface area contributed by atoms with Crippen LogP contribution in [0.15, 0.2) is 87.3 Å². The monoisotopic (exact) mass is 600 g/mol. The molecule has 0 radical (unpaired) electrons. The van der Waals surface area contributed by atoms with E-state index in [1.807, 2.05) is 41.3 Å². The van der Waals surface area contributed by atoms with Gasteiger partial charge < -0.3 is 9.47 Å². The smallest absolute Gasteiger partial charge is 0.254 e. The normalized spacial score (nSPS) is 14.9. The summed E-state index contributed by atoms with van der Waals surface area (Å²) in [6.45, 7) is 2.05. The van der Waals surface area contributed by atoms with Gasteiger partial charge in [0.25, 0.3) is 5.91 Å². The number of carbonyl (C=O) groups is 1. The fraction of sp³-hybridized carbons (Fsp3) is 0.259. The fourth-order valence-corrected chi connectivity index (χ4v) is 5.61. The van der Waals surface area contributed by atoms with Crippen molar-refractivity contribution in [1.29, 1.82) is 0 Å². The number of halogens is 1. The minimum Gasteiger partial charge on any atom is -0.493 e. The molecule has 9 nitrogen and oxygen atoms in total. The summed E-state index contributed by atoms with van der Waals surface area (Å²) in [5.74, 6) is 0.894. The van der Waals surface area contributed by atoms with E-state index in [0.29, 0.717) is 44.3 Å². The van der Waals surface area contributed by atoms with Crippen LogP contribution in [0.2, 0.25) is 0 Å². The Hall–Kier alpha value is -3.25. The highest BCUT2D eigenvalue weighted by molar-refractivity contribution is 9.10. The van der Waals surface area contributed by atoms with Gasteiger partial charge in [0, 0.05) is 30.7 Å². The largest absolute Gasteiger partial charge is 0.493 e. The first kappa shape index (κ1) is 27.8. The maximum Gasteiger partial charge on any atom is 0.254 e. The van der Waals surface area contributed by atoms with E-state index < -0.39 is 10.0 Å². The molecule has 11 heteroatoms. The highest BCUT2D eigenvalue weighted by Crippen LogP contribution is 2.28. The van der Waals surface area contributed by atoms with E-state index in [9.17, 15) is 13.2 Å². The lowest BCUT2D eigenvalue weighted by molar-refractivity contribution is -0.122. The Labute approximate surface area is 231 Å². The lowest BCUT2D eigenvalue weighted by Crippen LogP contribution is -2.50. The molecule has 0 aliphatic carbocycles. The van der Waals surface area contributed by atoms with Crippen LogP contribution in [0, 0.1) is 0 Å². The first-order valence-electron chi connectivity index (χ1n) is 12.0. The number of hydrogen-bond donors (Lipinski definition) is 1. The molecular formula is C27H29BrN4O5S. The molecule has 0 unspecified atom stereocenters. The van der Waals surface area contributed by atoms with Crippen molar-refractivity contribution in [2.45, 2.75) is 11.5 Å². The number of nitrogens with zero attached hydrogens (tertiary/aromatic N) is 3. The lowest BCUT2D eigenvalue weighted by Gasteiger charge is -2.33. The van der Waals surface area contributed by atoms with Crippen molar-refractivity contribution in [2.24, 2.45) is 5.10 Å². The Bertz CT molecular complexity index is 1360. The van der Waals surface area contributed by atoms with Crippen molar-refractivity contribution in [3.63, 3.8) is 0 Å². The number of rotatable bonds is 10. The van der Waals surface area contributed by atoms with Crippen molar-refractivity contribution in [2.75, 3.05) is 39.8 Å². The summed E-state index contributed by atoms with van der Waals surface area (Å²) in [5.41, 5.74) is 4.31. The third-order valence-electron chi connectivity index (χ3n) is 5.98. The Kier molecular flexibility index (Phi) is 9.51. The number of carbonyl (C=O) groups excluding carboxylic acids is 1. The standard InChI is InChI=1S/C27H29BrN4O5S/c1-36-25-12-7-22(17-26(25)37-20-21-5-3-2-4-6-21)18-29-30-27(33)19-31-13-15-32(16-14-31)38(34,35)24-10-8-23(28)9-11-24/h2-12,17-18H,13-16,19-20H2,1H3,(H,30,33)/b29-18+. The van der Waals surface area contributed by atoms with E-state index >= 15 is 0 Å². The number of hydrazone groups is 1. The topological polar surface area (TPSA) is 101 Å². The third-order valence-corrected chi connectivity index (χ3v) is 8.42. The summed E-state index contributed by atoms with van der Waals surface area (Å²) in [7, 11) is -1.98. The molecule has 0 aromatic heterocycles. The van der Waals surface area contributed by atoms with Gasteiger partial charge >= 0.3 is 0 Å². The molecule has 3 aromatic carbocycles. The van der Waals surface area contributed by atoms with E-state index in [1.54, 1.807) is 43.5 Å². The number of ether oxygens (including phenoxy) is 2. The van der Waals surface area contributed by atoms with Crippen LogP contribution < -0.4 is 14.9 Å². The van der Waals surface area contributed by atoms with E-state index in [4.69, 9.17) is 9.47 Å². The number of hydrogen-bond acceptors (Lipinski definition) is 7. The zero-order valence-electron chi connectivity index (χ0n) is 20.9. The summed E-state index contributed by atoms with van der Waals surface area (Å²) in [5, 5.41) is 4.07. The second-order valence-corrected chi connectivity index (χ2v) is 11.5. The number of sulfonamides is 1.